The van der Waals surface area contributed by atoms with Gasteiger partial charge in [-0.25, -0.2) is 0 Å². The average molecular weight is 163 g/mol. The van der Waals surface area contributed by atoms with Gasteiger partial charge in [-0.1, -0.05) is 18.2 Å². The molecule has 12 heavy (non-hydrogen) atoms. The SMILES string of the molecule is Cc1cccc2c1OCCC2N. The molecule has 2 nitrogen and oxygen atoms in total. The lowest BCUT2D eigenvalue weighted by atomic mass is 9.99. The van der Waals surface area contributed by atoms with Crippen LogP contribution < -0.4 is 10.5 Å². The zero-order valence-corrected chi connectivity index (χ0v) is 7.21. The van der Waals surface area contributed by atoms with E-state index in [9.17, 15) is 0 Å². The Morgan fingerprint density at radius 2 is 2.33 bits per heavy atom. The molecule has 1 atom stereocenters. The summed E-state index contributed by atoms with van der Waals surface area (Å²) >= 11 is 0. The summed E-state index contributed by atoms with van der Waals surface area (Å²) < 4.78 is 5.54. The Bertz CT molecular complexity index is 296. The van der Waals surface area contributed by atoms with E-state index in [0.717, 1.165) is 24.3 Å². The lowest BCUT2D eigenvalue weighted by Gasteiger charge is -2.24. The summed E-state index contributed by atoms with van der Waals surface area (Å²) in [6, 6.07) is 6.29. The van der Waals surface area contributed by atoms with Gasteiger partial charge >= 0.3 is 0 Å². The Labute approximate surface area is 72.3 Å². The van der Waals surface area contributed by atoms with Crippen molar-refractivity contribution in [1.82, 2.24) is 0 Å². The van der Waals surface area contributed by atoms with Gasteiger partial charge in [0.05, 0.1) is 6.61 Å². The number of fused-ring (bicyclic) bond motifs is 1. The third kappa shape index (κ3) is 1.08. The number of aryl methyl sites for hydroxylation is 1. The molecule has 0 spiro atoms. The molecule has 2 N–H and O–H groups in total. The summed E-state index contributed by atoms with van der Waals surface area (Å²) in [5.74, 6) is 0.997. The number of hydrogen-bond acceptors (Lipinski definition) is 2. The Morgan fingerprint density at radius 1 is 1.50 bits per heavy atom. The number of rotatable bonds is 0. The Hall–Kier alpha value is -1.02. The van der Waals surface area contributed by atoms with Crippen molar-refractivity contribution in [3.8, 4) is 5.75 Å². The van der Waals surface area contributed by atoms with E-state index in [2.05, 4.69) is 13.0 Å². The van der Waals surface area contributed by atoms with Gasteiger partial charge in [0, 0.05) is 18.0 Å². The number of ether oxygens (including phenoxy) is 1. The van der Waals surface area contributed by atoms with Crippen LogP contribution in [0.5, 0.6) is 5.75 Å². The molecule has 2 rings (SSSR count). The summed E-state index contributed by atoms with van der Waals surface area (Å²) in [6.45, 7) is 2.80. The minimum atomic E-state index is 0.161. The van der Waals surface area contributed by atoms with Crippen molar-refractivity contribution in [2.75, 3.05) is 6.61 Å². The number of hydrogen-bond donors (Lipinski definition) is 1. The summed E-state index contributed by atoms with van der Waals surface area (Å²) in [5.41, 5.74) is 8.27. The summed E-state index contributed by atoms with van der Waals surface area (Å²) in [4.78, 5) is 0. The van der Waals surface area contributed by atoms with Crippen molar-refractivity contribution >= 4 is 0 Å². The predicted molar refractivity (Wildman–Crippen MR) is 48.2 cm³/mol. The van der Waals surface area contributed by atoms with E-state index in [0.29, 0.717) is 0 Å². The van der Waals surface area contributed by atoms with Crippen LogP contribution in [0.25, 0.3) is 0 Å². The molecule has 0 saturated carbocycles. The fourth-order valence-corrected chi connectivity index (χ4v) is 1.61. The van der Waals surface area contributed by atoms with E-state index in [-0.39, 0.29) is 6.04 Å². The second-order valence-corrected chi connectivity index (χ2v) is 3.24. The molecule has 1 aliphatic heterocycles. The lowest BCUT2D eigenvalue weighted by molar-refractivity contribution is 0.267. The first-order valence-corrected chi connectivity index (χ1v) is 4.27. The van der Waals surface area contributed by atoms with Crippen molar-refractivity contribution < 1.29 is 4.74 Å². The van der Waals surface area contributed by atoms with Crippen LogP contribution in [-0.4, -0.2) is 6.61 Å². The van der Waals surface area contributed by atoms with Gasteiger partial charge in [0.2, 0.25) is 0 Å². The normalized spacial score (nSPS) is 21.3. The van der Waals surface area contributed by atoms with Crippen LogP contribution in [0, 0.1) is 6.92 Å². The highest BCUT2D eigenvalue weighted by atomic mass is 16.5. The topological polar surface area (TPSA) is 35.2 Å². The van der Waals surface area contributed by atoms with Crippen LogP contribution in [0.3, 0.4) is 0 Å². The lowest BCUT2D eigenvalue weighted by Crippen LogP contribution is -2.20. The molecule has 0 saturated heterocycles. The summed E-state index contributed by atoms with van der Waals surface area (Å²) in [6.07, 6.45) is 0.927. The third-order valence-electron chi connectivity index (χ3n) is 2.32. The molecule has 0 bridgehead atoms. The van der Waals surface area contributed by atoms with Gasteiger partial charge < -0.3 is 10.5 Å². The van der Waals surface area contributed by atoms with Gasteiger partial charge in [0.1, 0.15) is 5.75 Å². The molecule has 1 aromatic carbocycles. The molecule has 0 aromatic heterocycles. The molecule has 1 aliphatic rings. The zero-order valence-electron chi connectivity index (χ0n) is 7.21. The third-order valence-corrected chi connectivity index (χ3v) is 2.32. The van der Waals surface area contributed by atoms with Crippen LogP contribution in [-0.2, 0) is 0 Å². The first kappa shape index (κ1) is 7.62. The molecule has 0 amide bonds. The first-order chi connectivity index (χ1) is 5.79. The van der Waals surface area contributed by atoms with Gasteiger partial charge in [0.15, 0.2) is 0 Å². The van der Waals surface area contributed by atoms with Gasteiger partial charge in [-0.2, -0.15) is 0 Å². The number of para-hydroxylation sites is 1. The minimum Gasteiger partial charge on any atom is -0.493 e. The van der Waals surface area contributed by atoms with Crippen molar-refractivity contribution in [2.45, 2.75) is 19.4 Å². The molecule has 0 fully saturated rings. The highest BCUT2D eigenvalue weighted by Crippen LogP contribution is 2.32. The average Bonchev–Trinajstić information content (AvgIpc) is 2.07. The number of nitrogens with two attached hydrogens (primary N) is 1. The van der Waals surface area contributed by atoms with E-state index >= 15 is 0 Å². The largest absolute Gasteiger partial charge is 0.493 e. The number of benzene rings is 1. The predicted octanol–water partition coefficient (Wildman–Crippen LogP) is 1.78. The van der Waals surface area contributed by atoms with Crippen molar-refractivity contribution in [3.05, 3.63) is 29.3 Å². The summed E-state index contributed by atoms with van der Waals surface area (Å²) in [5, 5.41) is 0. The zero-order chi connectivity index (χ0) is 8.55. The van der Waals surface area contributed by atoms with E-state index < -0.39 is 0 Å². The molecular weight excluding hydrogens is 150 g/mol. The molecule has 1 heterocycles. The van der Waals surface area contributed by atoms with Crippen LogP contribution in [0.2, 0.25) is 0 Å². The molecule has 2 heteroatoms. The maximum Gasteiger partial charge on any atom is 0.126 e. The fourth-order valence-electron chi connectivity index (χ4n) is 1.61. The molecule has 1 unspecified atom stereocenters. The summed E-state index contributed by atoms with van der Waals surface area (Å²) in [7, 11) is 0. The minimum absolute atomic E-state index is 0.161. The monoisotopic (exact) mass is 163 g/mol. The Morgan fingerprint density at radius 3 is 3.08 bits per heavy atom. The van der Waals surface area contributed by atoms with E-state index in [1.807, 2.05) is 12.1 Å². The highest BCUT2D eigenvalue weighted by molar-refractivity contribution is 5.43. The Balaban J connectivity index is 2.52. The first-order valence-electron chi connectivity index (χ1n) is 4.27. The molecule has 0 radical (unpaired) electrons. The van der Waals surface area contributed by atoms with Gasteiger partial charge in [-0.05, 0) is 12.5 Å². The maximum absolute atomic E-state index is 5.94. The van der Waals surface area contributed by atoms with Crippen LogP contribution >= 0.6 is 0 Å². The van der Waals surface area contributed by atoms with E-state index in [1.165, 1.54) is 5.56 Å². The fraction of sp³-hybridized carbons (Fsp3) is 0.400. The van der Waals surface area contributed by atoms with Gasteiger partial charge in [0.25, 0.3) is 0 Å². The van der Waals surface area contributed by atoms with Crippen molar-refractivity contribution in [1.29, 1.82) is 0 Å². The van der Waals surface area contributed by atoms with Crippen molar-refractivity contribution in [3.63, 3.8) is 0 Å². The molecule has 1 aromatic rings. The van der Waals surface area contributed by atoms with Gasteiger partial charge in [-0.15, -0.1) is 0 Å². The smallest absolute Gasteiger partial charge is 0.126 e. The second kappa shape index (κ2) is 2.79. The molecule has 0 aliphatic carbocycles. The van der Waals surface area contributed by atoms with Crippen LogP contribution in [0.4, 0.5) is 0 Å². The van der Waals surface area contributed by atoms with Gasteiger partial charge in [-0.3, -0.25) is 0 Å². The quantitative estimate of drug-likeness (QED) is 0.632. The van der Waals surface area contributed by atoms with E-state index in [4.69, 9.17) is 10.5 Å². The van der Waals surface area contributed by atoms with Crippen LogP contribution in [0.1, 0.15) is 23.6 Å². The Kier molecular flexibility index (Phi) is 1.77. The van der Waals surface area contributed by atoms with Crippen molar-refractivity contribution in [2.24, 2.45) is 5.73 Å². The molecular formula is C10H13NO. The maximum atomic E-state index is 5.94. The molecule has 64 valence electrons. The van der Waals surface area contributed by atoms with E-state index in [1.54, 1.807) is 0 Å². The highest BCUT2D eigenvalue weighted by Gasteiger charge is 2.18. The standard InChI is InChI=1S/C10H13NO/c1-7-3-2-4-8-9(11)5-6-12-10(7)8/h2-4,9H,5-6,11H2,1H3. The van der Waals surface area contributed by atoms with Crippen LogP contribution in [0.15, 0.2) is 18.2 Å². The second-order valence-electron chi connectivity index (χ2n) is 3.24.